The van der Waals surface area contributed by atoms with Gasteiger partial charge >= 0.3 is 0 Å². The van der Waals surface area contributed by atoms with E-state index in [9.17, 15) is 4.79 Å². The molecular weight excluding hydrogens is 106 g/mol. The maximum absolute atomic E-state index is 9.58. The second-order valence-electron chi connectivity index (χ2n) is 1.62. The molecule has 0 aliphatic heterocycles. The van der Waals surface area contributed by atoms with E-state index in [0.29, 0.717) is 13.1 Å². The van der Waals surface area contributed by atoms with Crippen LogP contribution in [0.5, 0.6) is 0 Å². The van der Waals surface area contributed by atoms with Gasteiger partial charge in [-0.15, -0.1) is 0 Å². The molecule has 0 aromatic rings. The van der Waals surface area contributed by atoms with Gasteiger partial charge in [0.1, 0.15) is 6.61 Å². The lowest BCUT2D eigenvalue weighted by Gasteiger charge is -2.05. The first-order chi connectivity index (χ1) is 3.81. The Hall–Kier alpha value is -0.570. The largest absolute Gasteiger partial charge is 0.466 e. The van der Waals surface area contributed by atoms with Crippen LogP contribution in [0.1, 0.15) is 6.92 Å². The second kappa shape index (κ2) is 4.59. The molecule has 0 aliphatic rings. The van der Waals surface area contributed by atoms with Crippen molar-refractivity contribution in [1.82, 2.24) is 5.32 Å². The summed E-state index contributed by atoms with van der Waals surface area (Å²) in [4.78, 5) is 9.58. The SMILES string of the molecule is CN[C@H](C)COC=O. The fourth-order valence-electron chi connectivity index (χ4n) is 0.267. The van der Waals surface area contributed by atoms with Crippen LogP contribution >= 0.6 is 0 Å². The molecule has 0 saturated carbocycles. The molecule has 0 spiro atoms. The van der Waals surface area contributed by atoms with E-state index < -0.39 is 0 Å². The van der Waals surface area contributed by atoms with Crippen LogP contribution in [0.4, 0.5) is 0 Å². The van der Waals surface area contributed by atoms with E-state index in [1.165, 1.54) is 0 Å². The molecule has 3 heteroatoms. The van der Waals surface area contributed by atoms with Crippen LogP contribution in [0.3, 0.4) is 0 Å². The smallest absolute Gasteiger partial charge is 0.293 e. The zero-order valence-electron chi connectivity index (χ0n) is 5.18. The first-order valence-corrected chi connectivity index (χ1v) is 2.53. The molecule has 0 radical (unpaired) electrons. The highest BCUT2D eigenvalue weighted by Crippen LogP contribution is 1.77. The number of hydrogen-bond donors (Lipinski definition) is 1. The van der Waals surface area contributed by atoms with Crippen molar-refractivity contribution < 1.29 is 9.53 Å². The summed E-state index contributed by atoms with van der Waals surface area (Å²) >= 11 is 0. The monoisotopic (exact) mass is 117 g/mol. The Labute approximate surface area is 49.0 Å². The molecule has 48 valence electrons. The van der Waals surface area contributed by atoms with Gasteiger partial charge in [-0.3, -0.25) is 4.79 Å². The molecule has 8 heavy (non-hydrogen) atoms. The first kappa shape index (κ1) is 7.43. The van der Waals surface area contributed by atoms with Gasteiger partial charge in [0, 0.05) is 6.04 Å². The van der Waals surface area contributed by atoms with Gasteiger partial charge in [0.05, 0.1) is 0 Å². The van der Waals surface area contributed by atoms with Crippen LogP contribution in [0, 0.1) is 0 Å². The van der Waals surface area contributed by atoms with Crippen molar-refractivity contribution in [1.29, 1.82) is 0 Å². The summed E-state index contributed by atoms with van der Waals surface area (Å²) < 4.78 is 4.44. The van der Waals surface area contributed by atoms with Crippen molar-refractivity contribution >= 4 is 6.47 Å². The van der Waals surface area contributed by atoms with Gasteiger partial charge < -0.3 is 10.1 Å². The fraction of sp³-hybridized carbons (Fsp3) is 0.800. The van der Waals surface area contributed by atoms with E-state index >= 15 is 0 Å². The van der Waals surface area contributed by atoms with Gasteiger partial charge in [-0.2, -0.15) is 0 Å². The zero-order chi connectivity index (χ0) is 6.41. The maximum atomic E-state index is 9.58. The fourth-order valence-corrected chi connectivity index (χ4v) is 0.267. The third-order valence-corrected chi connectivity index (χ3v) is 0.907. The van der Waals surface area contributed by atoms with Crippen LogP contribution < -0.4 is 5.32 Å². The zero-order valence-corrected chi connectivity index (χ0v) is 5.18. The summed E-state index contributed by atoms with van der Waals surface area (Å²) in [7, 11) is 1.82. The first-order valence-electron chi connectivity index (χ1n) is 2.53. The molecule has 0 aromatic heterocycles. The quantitative estimate of drug-likeness (QED) is 0.517. The molecule has 1 N–H and O–H groups in total. The maximum Gasteiger partial charge on any atom is 0.293 e. The Morgan fingerprint density at radius 1 is 1.88 bits per heavy atom. The highest BCUT2D eigenvalue weighted by Gasteiger charge is 1.93. The Bertz CT molecular complexity index is 65.4. The summed E-state index contributed by atoms with van der Waals surface area (Å²) in [6.45, 7) is 2.83. The molecule has 0 unspecified atom stereocenters. The molecular formula is C5H11NO2. The van der Waals surface area contributed by atoms with Crippen LogP contribution in [0.2, 0.25) is 0 Å². The van der Waals surface area contributed by atoms with Gasteiger partial charge in [0.25, 0.3) is 6.47 Å². The molecule has 0 saturated heterocycles. The minimum absolute atomic E-state index is 0.250. The Kier molecular flexibility index (Phi) is 4.26. The van der Waals surface area contributed by atoms with Crippen molar-refractivity contribution in [2.24, 2.45) is 0 Å². The number of nitrogens with one attached hydrogen (secondary N) is 1. The summed E-state index contributed by atoms with van der Waals surface area (Å²) in [6, 6.07) is 0.250. The molecule has 0 fully saturated rings. The molecule has 0 bridgehead atoms. The van der Waals surface area contributed by atoms with E-state index in [-0.39, 0.29) is 6.04 Å². The minimum atomic E-state index is 0.250. The van der Waals surface area contributed by atoms with Crippen molar-refractivity contribution in [2.75, 3.05) is 13.7 Å². The Morgan fingerprint density at radius 2 is 2.50 bits per heavy atom. The second-order valence-corrected chi connectivity index (χ2v) is 1.62. The summed E-state index contributed by atoms with van der Waals surface area (Å²) in [5.74, 6) is 0. The topological polar surface area (TPSA) is 38.3 Å². The molecule has 0 aliphatic carbocycles. The number of ether oxygens (including phenoxy) is 1. The molecule has 0 rings (SSSR count). The normalized spacial score (nSPS) is 12.8. The van der Waals surface area contributed by atoms with Gasteiger partial charge in [-0.1, -0.05) is 0 Å². The average Bonchev–Trinajstić information content (AvgIpc) is 1.83. The molecule has 0 heterocycles. The van der Waals surface area contributed by atoms with Crippen molar-refractivity contribution in [3.63, 3.8) is 0 Å². The van der Waals surface area contributed by atoms with Gasteiger partial charge in [-0.05, 0) is 14.0 Å². The number of carbonyl (C=O) groups excluding carboxylic acids is 1. The Balaban J connectivity index is 2.97. The minimum Gasteiger partial charge on any atom is -0.466 e. The summed E-state index contributed by atoms with van der Waals surface area (Å²) in [6.07, 6.45) is 0. The molecule has 0 aromatic carbocycles. The van der Waals surface area contributed by atoms with Gasteiger partial charge in [0.15, 0.2) is 0 Å². The van der Waals surface area contributed by atoms with Crippen LogP contribution in [-0.2, 0) is 9.53 Å². The summed E-state index contributed by atoms with van der Waals surface area (Å²) in [5.41, 5.74) is 0. The Morgan fingerprint density at radius 3 is 2.88 bits per heavy atom. The van der Waals surface area contributed by atoms with E-state index in [0.717, 1.165) is 0 Å². The standard InChI is InChI=1S/C5H11NO2/c1-5(6-2)3-8-4-7/h4-6H,3H2,1-2H3/t5-/m1/s1. The third-order valence-electron chi connectivity index (χ3n) is 0.907. The van der Waals surface area contributed by atoms with E-state index in [1.807, 2.05) is 14.0 Å². The highest BCUT2D eigenvalue weighted by molar-refractivity contribution is 5.36. The lowest BCUT2D eigenvalue weighted by atomic mass is 10.4. The van der Waals surface area contributed by atoms with Crippen LogP contribution in [-0.4, -0.2) is 26.2 Å². The van der Waals surface area contributed by atoms with Gasteiger partial charge in [0.2, 0.25) is 0 Å². The number of carbonyl (C=O) groups is 1. The van der Waals surface area contributed by atoms with Crippen LogP contribution in [0.25, 0.3) is 0 Å². The van der Waals surface area contributed by atoms with E-state index in [1.54, 1.807) is 0 Å². The third kappa shape index (κ3) is 3.61. The van der Waals surface area contributed by atoms with E-state index in [2.05, 4.69) is 10.1 Å². The molecule has 0 amide bonds. The van der Waals surface area contributed by atoms with Crippen LogP contribution in [0.15, 0.2) is 0 Å². The van der Waals surface area contributed by atoms with E-state index in [4.69, 9.17) is 0 Å². The van der Waals surface area contributed by atoms with Crippen molar-refractivity contribution in [3.05, 3.63) is 0 Å². The number of rotatable bonds is 4. The predicted molar refractivity (Wildman–Crippen MR) is 30.5 cm³/mol. The van der Waals surface area contributed by atoms with Crippen molar-refractivity contribution in [3.8, 4) is 0 Å². The van der Waals surface area contributed by atoms with Gasteiger partial charge in [-0.25, -0.2) is 0 Å². The lowest BCUT2D eigenvalue weighted by Crippen LogP contribution is -2.26. The molecule has 1 atom stereocenters. The summed E-state index contributed by atoms with van der Waals surface area (Å²) in [5, 5.41) is 2.92. The van der Waals surface area contributed by atoms with Crippen molar-refractivity contribution in [2.45, 2.75) is 13.0 Å². The highest BCUT2D eigenvalue weighted by atomic mass is 16.5. The molecule has 3 nitrogen and oxygen atoms in total. The lowest BCUT2D eigenvalue weighted by molar-refractivity contribution is -0.129. The number of likely N-dealkylation sites (N-methyl/N-ethyl adjacent to an activating group) is 1. The predicted octanol–water partition coefficient (Wildman–Crippen LogP) is -0.233. The average molecular weight is 117 g/mol. The number of hydrogen-bond acceptors (Lipinski definition) is 3.